The van der Waals surface area contributed by atoms with Crippen LogP contribution in [-0.2, 0) is 4.79 Å². The van der Waals surface area contributed by atoms with Gasteiger partial charge in [-0.15, -0.1) is 0 Å². The lowest BCUT2D eigenvalue weighted by Gasteiger charge is -2.35. The van der Waals surface area contributed by atoms with Gasteiger partial charge in [-0.25, -0.2) is 0 Å². The van der Waals surface area contributed by atoms with Crippen molar-refractivity contribution in [1.82, 2.24) is 4.90 Å². The molecule has 3 heteroatoms. The van der Waals surface area contributed by atoms with Crippen molar-refractivity contribution in [2.75, 3.05) is 19.6 Å². The smallest absolute Gasteiger partial charge is 0.222 e. The summed E-state index contributed by atoms with van der Waals surface area (Å²) in [5, 5.41) is 0. The first-order valence-corrected chi connectivity index (χ1v) is 6.13. The Morgan fingerprint density at radius 1 is 1.33 bits per heavy atom. The maximum atomic E-state index is 11.8. The standard InChI is InChI=1S/C12H24N2O/c1-10-6-8-14(9-11(10)2)12(15)5-3-4-7-13/h10-11H,3-9,13H2,1-2H3. The molecule has 2 unspecified atom stereocenters. The van der Waals surface area contributed by atoms with Gasteiger partial charge < -0.3 is 10.6 Å². The Kier molecular flexibility index (Phi) is 5.09. The van der Waals surface area contributed by atoms with E-state index in [1.165, 1.54) is 0 Å². The zero-order chi connectivity index (χ0) is 11.3. The van der Waals surface area contributed by atoms with Crippen molar-refractivity contribution in [1.29, 1.82) is 0 Å². The molecule has 1 fully saturated rings. The van der Waals surface area contributed by atoms with E-state index in [0.29, 0.717) is 24.8 Å². The Hall–Kier alpha value is -0.570. The Labute approximate surface area is 93.0 Å². The number of hydrogen-bond donors (Lipinski definition) is 1. The van der Waals surface area contributed by atoms with Crippen LogP contribution in [0.5, 0.6) is 0 Å². The number of unbranched alkanes of at least 4 members (excludes halogenated alkanes) is 1. The lowest BCUT2D eigenvalue weighted by molar-refractivity contribution is -0.133. The number of carbonyl (C=O) groups is 1. The third-order valence-electron chi connectivity index (χ3n) is 3.53. The lowest BCUT2D eigenvalue weighted by Crippen LogP contribution is -2.42. The van der Waals surface area contributed by atoms with Crippen LogP contribution in [0.4, 0.5) is 0 Å². The van der Waals surface area contributed by atoms with Gasteiger partial charge in [-0.05, 0) is 37.6 Å². The first-order valence-electron chi connectivity index (χ1n) is 6.13. The van der Waals surface area contributed by atoms with Gasteiger partial charge in [0.2, 0.25) is 5.91 Å². The molecule has 0 saturated carbocycles. The van der Waals surface area contributed by atoms with E-state index in [2.05, 4.69) is 13.8 Å². The van der Waals surface area contributed by atoms with E-state index in [0.717, 1.165) is 38.3 Å². The number of nitrogens with two attached hydrogens (primary N) is 1. The van der Waals surface area contributed by atoms with Crippen molar-refractivity contribution < 1.29 is 4.79 Å². The van der Waals surface area contributed by atoms with Gasteiger partial charge in [0.1, 0.15) is 0 Å². The van der Waals surface area contributed by atoms with Gasteiger partial charge in [-0.2, -0.15) is 0 Å². The van der Waals surface area contributed by atoms with Crippen molar-refractivity contribution in [3.05, 3.63) is 0 Å². The molecule has 1 saturated heterocycles. The highest BCUT2D eigenvalue weighted by molar-refractivity contribution is 5.76. The van der Waals surface area contributed by atoms with Crippen LogP contribution < -0.4 is 5.73 Å². The van der Waals surface area contributed by atoms with E-state index in [1.54, 1.807) is 0 Å². The second-order valence-corrected chi connectivity index (χ2v) is 4.83. The van der Waals surface area contributed by atoms with Crippen molar-refractivity contribution >= 4 is 5.91 Å². The summed E-state index contributed by atoms with van der Waals surface area (Å²) in [6.07, 6.45) is 3.74. The van der Waals surface area contributed by atoms with Crippen molar-refractivity contribution in [3.8, 4) is 0 Å². The van der Waals surface area contributed by atoms with Crippen molar-refractivity contribution in [2.24, 2.45) is 17.6 Å². The maximum absolute atomic E-state index is 11.8. The highest BCUT2D eigenvalue weighted by Gasteiger charge is 2.25. The molecule has 3 nitrogen and oxygen atoms in total. The zero-order valence-corrected chi connectivity index (χ0v) is 10.0. The summed E-state index contributed by atoms with van der Waals surface area (Å²) in [6, 6.07) is 0. The van der Waals surface area contributed by atoms with E-state index in [-0.39, 0.29) is 0 Å². The minimum absolute atomic E-state index is 0.321. The Morgan fingerprint density at radius 3 is 2.67 bits per heavy atom. The molecule has 1 amide bonds. The van der Waals surface area contributed by atoms with Gasteiger partial charge in [0.15, 0.2) is 0 Å². The molecule has 1 rings (SSSR count). The summed E-state index contributed by atoms with van der Waals surface area (Å²) in [4.78, 5) is 13.8. The fourth-order valence-corrected chi connectivity index (χ4v) is 2.07. The number of hydrogen-bond acceptors (Lipinski definition) is 2. The van der Waals surface area contributed by atoms with Crippen LogP contribution in [0.25, 0.3) is 0 Å². The molecule has 0 radical (unpaired) electrons. The van der Waals surface area contributed by atoms with Gasteiger partial charge in [-0.1, -0.05) is 13.8 Å². The van der Waals surface area contributed by atoms with Crippen LogP contribution in [0.2, 0.25) is 0 Å². The summed E-state index contributed by atoms with van der Waals surface area (Å²) in [5.74, 6) is 1.73. The van der Waals surface area contributed by atoms with Gasteiger partial charge >= 0.3 is 0 Å². The van der Waals surface area contributed by atoms with Crippen LogP contribution in [0, 0.1) is 11.8 Å². The number of rotatable bonds is 4. The summed E-state index contributed by atoms with van der Waals surface area (Å²) in [7, 11) is 0. The largest absolute Gasteiger partial charge is 0.342 e. The van der Waals surface area contributed by atoms with E-state index >= 15 is 0 Å². The third kappa shape index (κ3) is 3.82. The quantitative estimate of drug-likeness (QED) is 0.720. The number of nitrogens with zero attached hydrogens (tertiary/aromatic N) is 1. The first kappa shape index (κ1) is 12.5. The van der Waals surface area contributed by atoms with Crippen molar-refractivity contribution in [3.63, 3.8) is 0 Å². The summed E-state index contributed by atoms with van der Waals surface area (Å²) < 4.78 is 0. The number of likely N-dealkylation sites (tertiary alicyclic amines) is 1. The van der Waals surface area contributed by atoms with E-state index in [9.17, 15) is 4.79 Å². The molecule has 2 N–H and O–H groups in total. The highest BCUT2D eigenvalue weighted by atomic mass is 16.2. The molecular weight excluding hydrogens is 188 g/mol. The first-order chi connectivity index (χ1) is 7.15. The van der Waals surface area contributed by atoms with Gasteiger partial charge in [0.05, 0.1) is 0 Å². The van der Waals surface area contributed by atoms with Crippen LogP contribution in [0.1, 0.15) is 39.5 Å². The predicted molar refractivity (Wildman–Crippen MR) is 62.4 cm³/mol. The number of amides is 1. The maximum Gasteiger partial charge on any atom is 0.222 e. The molecule has 15 heavy (non-hydrogen) atoms. The molecule has 88 valence electrons. The van der Waals surface area contributed by atoms with Gasteiger partial charge in [0.25, 0.3) is 0 Å². The molecule has 2 atom stereocenters. The molecular formula is C12H24N2O. The molecule has 1 aliphatic heterocycles. The minimum atomic E-state index is 0.321. The minimum Gasteiger partial charge on any atom is -0.342 e. The molecule has 0 aromatic heterocycles. The SMILES string of the molecule is CC1CCN(C(=O)CCCCN)CC1C. The molecule has 1 aliphatic rings. The van der Waals surface area contributed by atoms with Crippen molar-refractivity contribution in [2.45, 2.75) is 39.5 Å². The monoisotopic (exact) mass is 212 g/mol. The van der Waals surface area contributed by atoms with Gasteiger partial charge in [-0.3, -0.25) is 4.79 Å². The fraction of sp³-hybridized carbons (Fsp3) is 0.917. The topological polar surface area (TPSA) is 46.3 Å². The average molecular weight is 212 g/mol. The fourth-order valence-electron chi connectivity index (χ4n) is 2.07. The van der Waals surface area contributed by atoms with Crippen LogP contribution >= 0.6 is 0 Å². The summed E-state index contributed by atoms with van der Waals surface area (Å²) in [5.41, 5.74) is 5.41. The number of carbonyl (C=O) groups excluding carboxylic acids is 1. The lowest BCUT2D eigenvalue weighted by atomic mass is 9.88. The second-order valence-electron chi connectivity index (χ2n) is 4.83. The molecule has 0 spiro atoms. The summed E-state index contributed by atoms with van der Waals surface area (Å²) in [6.45, 7) is 7.11. The zero-order valence-electron chi connectivity index (χ0n) is 10.0. The molecule has 0 aromatic carbocycles. The predicted octanol–water partition coefficient (Wildman–Crippen LogP) is 1.62. The van der Waals surface area contributed by atoms with E-state index < -0.39 is 0 Å². The highest BCUT2D eigenvalue weighted by Crippen LogP contribution is 2.22. The second kappa shape index (κ2) is 6.11. The number of piperidine rings is 1. The Morgan fingerprint density at radius 2 is 2.07 bits per heavy atom. The Balaban J connectivity index is 2.28. The van der Waals surface area contributed by atoms with E-state index in [1.807, 2.05) is 4.90 Å². The van der Waals surface area contributed by atoms with Crippen LogP contribution in [0.3, 0.4) is 0 Å². The van der Waals surface area contributed by atoms with Crippen LogP contribution in [-0.4, -0.2) is 30.4 Å². The molecule has 1 heterocycles. The average Bonchev–Trinajstić information content (AvgIpc) is 2.22. The normalized spacial score (nSPS) is 26.7. The van der Waals surface area contributed by atoms with Crippen LogP contribution in [0.15, 0.2) is 0 Å². The molecule has 0 aromatic rings. The van der Waals surface area contributed by atoms with E-state index in [4.69, 9.17) is 5.73 Å². The summed E-state index contributed by atoms with van der Waals surface area (Å²) >= 11 is 0. The molecule has 0 bridgehead atoms. The van der Waals surface area contributed by atoms with Gasteiger partial charge in [0, 0.05) is 19.5 Å². The Bertz CT molecular complexity index is 206. The molecule has 0 aliphatic carbocycles. The third-order valence-corrected chi connectivity index (χ3v) is 3.53.